The Morgan fingerprint density at radius 1 is 1.22 bits per heavy atom. The minimum atomic E-state index is -3.19. The third-order valence-corrected chi connectivity index (χ3v) is 3.88. The maximum Gasteiger partial charge on any atom is 0.229 e. The van der Waals surface area contributed by atoms with Crippen LogP contribution in [0.5, 0.6) is 0 Å². The van der Waals surface area contributed by atoms with Crippen molar-refractivity contribution in [3.05, 3.63) is 29.8 Å². The van der Waals surface area contributed by atoms with Crippen LogP contribution in [0.3, 0.4) is 0 Å². The molecule has 0 bridgehead atoms. The molecule has 100 valence electrons. The van der Waals surface area contributed by atoms with Gasteiger partial charge in [0.15, 0.2) is 0 Å². The van der Waals surface area contributed by atoms with Crippen molar-refractivity contribution in [3.8, 4) is 0 Å². The summed E-state index contributed by atoms with van der Waals surface area (Å²) in [4.78, 5) is 0. The molecule has 2 unspecified atom stereocenters. The van der Waals surface area contributed by atoms with E-state index in [0.29, 0.717) is 11.7 Å². The Balaban J connectivity index is 2.03. The summed E-state index contributed by atoms with van der Waals surface area (Å²) in [7, 11) is -3.19. The number of piperidine rings is 1. The summed E-state index contributed by atoms with van der Waals surface area (Å²) in [6.45, 7) is 3.30. The van der Waals surface area contributed by atoms with E-state index in [1.165, 1.54) is 12.0 Å². The van der Waals surface area contributed by atoms with E-state index in [9.17, 15) is 8.42 Å². The van der Waals surface area contributed by atoms with Crippen molar-refractivity contribution in [3.63, 3.8) is 0 Å². The Hall–Kier alpha value is -1.07. The highest BCUT2D eigenvalue weighted by Gasteiger charge is 2.18. The number of benzene rings is 1. The molecule has 5 heteroatoms. The summed E-state index contributed by atoms with van der Waals surface area (Å²) in [5, 5.41) is 3.51. The van der Waals surface area contributed by atoms with Gasteiger partial charge >= 0.3 is 0 Å². The van der Waals surface area contributed by atoms with E-state index in [1.54, 1.807) is 0 Å². The van der Waals surface area contributed by atoms with E-state index >= 15 is 0 Å². The van der Waals surface area contributed by atoms with Crippen LogP contribution < -0.4 is 10.0 Å². The number of anilines is 1. The van der Waals surface area contributed by atoms with Crippen LogP contribution in [0, 0.1) is 5.92 Å². The van der Waals surface area contributed by atoms with Crippen molar-refractivity contribution in [2.24, 2.45) is 5.92 Å². The highest BCUT2D eigenvalue weighted by Crippen LogP contribution is 2.26. The largest absolute Gasteiger partial charge is 0.310 e. The lowest BCUT2D eigenvalue weighted by atomic mass is 9.92. The van der Waals surface area contributed by atoms with Crippen molar-refractivity contribution in [1.29, 1.82) is 0 Å². The number of nitrogens with one attached hydrogen (secondary N) is 2. The molecule has 1 heterocycles. The first-order valence-corrected chi connectivity index (χ1v) is 8.14. The van der Waals surface area contributed by atoms with Gasteiger partial charge in [0.05, 0.1) is 6.26 Å². The van der Waals surface area contributed by atoms with Gasteiger partial charge in [-0.3, -0.25) is 4.72 Å². The van der Waals surface area contributed by atoms with E-state index in [2.05, 4.69) is 17.0 Å². The predicted octanol–water partition coefficient (Wildman–Crippen LogP) is 2.12. The molecule has 0 spiro atoms. The maximum atomic E-state index is 11.1. The number of hydrogen-bond donors (Lipinski definition) is 2. The lowest BCUT2D eigenvalue weighted by Gasteiger charge is -2.28. The van der Waals surface area contributed by atoms with Crippen LogP contribution in [-0.2, 0) is 10.0 Å². The van der Waals surface area contributed by atoms with E-state index in [4.69, 9.17) is 0 Å². The quantitative estimate of drug-likeness (QED) is 0.883. The van der Waals surface area contributed by atoms with Gasteiger partial charge in [-0.05, 0) is 43.0 Å². The van der Waals surface area contributed by atoms with Gasteiger partial charge in [-0.1, -0.05) is 19.1 Å². The summed E-state index contributed by atoms with van der Waals surface area (Å²) < 4.78 is 24.7. The monoisotopic (exact) mass is 268 g/mol. The molecule has 0 amide bonds. The standard InChI is InChI=1S/C13H20N2O2S/c1-10-3-8-13(14-9-10)11-4-6-12(7-5-11)15-18(2,16)17/h4-7,10,13-15H,3,8-9H2,1-2H3. The van der Waals surface area contributed by atoms with Gasteiger partial charge in [0.2, 0.25) is 10.0 Å². The first-order chi connectivity index (χ1) is 8.44. The highest BCUT2D eigenvalue weighted by atomic mass is 32.2. The molecule has 4 nitrogen and oxygen atoms in total. The third-order valence-electron chi connectivity index (χ3n) is 3.28. The topological polar surface area (TPSA) is 58.2 Å². The zero-order valence-corrected chi connectivity index (χ0v) is 11.6. The van der Waals surface area contributed by atoms with Crippen molar-refractivity contribution in [2.75, 3.05) is 17.5 Å². The van der Waals surface area contributed by atoms with Gasteiger partial charge in [0.25, 0.3) is 0 Å². The Bertz CT molecular complexity index is 488. The van der Waals surface area contributed by atoms with Crippen LogP contribution in [0.4, 0.5) is 5.69 Å². The molecule has 0 saturated carbocycles. The summed E-state index contributed by atoms with van der Waals surface area (Å²) in [5.41, 5.74) is 1.84. The van der Waals surface area contributed by atoms with E-state index in [-0.39, 0.29) is 0 Å². The van der Waals surface area contributed by atoms with E-state index in [0.717, 1.165) is 25.1 Å². The average molecular weight is 268 g/mol. The predicted molar refractivity (Wildman–Crippen MR) is 74.1 cm³/mol. The lowest BCUT2D eigenvalue weighted by molar-refractivity contribution is 0.333. The first-order valence-electron chi connectivity index (χ1n) is 6.25. The normalized spacial score (nSPS) is 24.8. The average Bonchev–Trinajstić information content (AvgIpc) is 2.29. The third kappa shape index (κ3) is 3.71. The molecule has 0 aliphatic carbocycles. The zero-order valence-electron chi connectivity index (χ0n) is 10.8. The molecule has 0 aromatic heterocycles. The van der Waals surface area contributed by atoms with Gasteiger partial charge in [0, 0.05) is 11.7 Å². The van der Waals surface area contributed by atoms with Crippen molar-refractivity contribution in [1.82, 2.24) is 5.32 Å². The van der Waals surface area contributed by atoms with Crippen molar-refractivity contribution in [2.45, 2.75) is 25.8 Å². The fourth-order valence-corrected chi connectivity index (χ4v) is 2.85. The Kier molecular flexibility index (Phi) is 3.92. The van der Waals surface area contributed by atoms with Gasteiger partial charge < -0.3 is 5.32 Å². The molecule has 1 saturated heterocycles. The molecule has 1 aliphatic heterocycles. The fourth-order valence-electron chi connectivity index (χ4n) is 2.28. The Labute approximate surface area is 109 Å². The molecule has 2 rings (SSSR count). The van der Waals surface area contributed by atoms with Gasteiger partial charge in [-0.25, -0.2) is 8.42 Å². The molecule has 1 aliphatic rings. The van der Waals surface area contributed by atoms with Gasteiger partial charge in [-0.15, -0.1) is 0 Å². The zero-order chi connectivity index (χ0) is 13.2. The Morgan fingerprint density at radius 2 is 1.89 bits per heavy atom. The molecule has 2 N–H and O–H groups in total. The highest BCUT2D eigenvalue weighted by molar-refractivity contribution is 7.92. The van der Waals surface area contributed by atoms with E-state index < -0.39 is 10.0 Å². The number of sulfonamides is 1. The Morgan fingerprint density at radius 3 is 2.39 bits per heavy atom. The molecule has 1 fully saturated rings. The number of rotatable bonds is 3. The van der Waals surface area contributed by atoms with Gasteiger partial charge in [0.1, 0.15) is 0 Å². The molecular weight excluding hydrogens is 248 g/mol. The first kappa shape index (κ1) is 13.4. The van der Waals surface area contributed by atoms with Crippen molar-refractivity contribution >= 4 is 15.7 Å². The molecule has 0 radical (unpaired) electrons. The molecule has 1 aromatic rings. The van der Waals surface area contributed by atoms with Crippen LogP contribution >= 0.6 is 0 Å². The fraction of sp³-hybridized carbons (Fsp3) is 0.538. The minimum Gasteiger partial charge on any atom is -0.310 e. The smallest absolute Gasteiger partial charge is 0.229 e. The summed E-state index contributed by atoms with van der Waals surface area (Å²) in [6, 6.07) is 8.00. The van der Waals surface area contributed by atoms with E-state index in [1.807, 2.05) is 24.3 Å². The van der Waals surface area contributed by atoms with Crippen LogP contribution in [0.25, 0.3) is 0 Å². The molecular formula is C13H20N2O2S. The molecule has 18 heavy (non-hydrogen) atoms. The maximum absolute atomic E-state index is 11.1. The second kappa shape index (κ2) is 5.28. The van der Waals surface area contributed by atoms with Crippen LogP contribution in [0.15, 0.2) is 24.3 Å². The van der Waals surface area contributed by atoms with Crippen LogP contribution in [0.1, 0.15) is 31.4 Å². The second-order valence-electron chi connectivity index (χ2n) is 5.14. The summed E-state index contributed by atoms with van der Waals surface area (Å²) >= 11 is 0. The van der Waals surface area contributed by atoms with Gasteiger partial charge in [-0.2, -0.15) is 0 Å². The SMILES string of the molecule is CC1CCC(c2ccc(NS(C)(=O)=O)cc2)NC1. The lowest BCUT2D eigenvalue weighted by Crippen LogP contribution is -2.31. The van der Waals surface area contributed by atoms with Crippen molar-refractivity contribution < 1.29 is 8.42 Å². The molecule has 1 aromatic carbocycles. The van der Waals surface area contributed by atoms with Crippen LogP contribution in [-0.4, -0.2) is 21.2 Å². The molecule has 2 atom stereocenters. The second-order valence-corrected chi connectivity index (χ2v) is 6.89. The van der Waals surface area contributed by atoms with Crippen LogP contribution in [0.2, 0.25) is 0 Å². The number of hydrogen-bond acceptors (Lipinski definition) is 3. The minimum absolute atomic E-state index is 0.397. The summed E-state index contributed by atoms with van der Waals surface area (Å²) in [6.07, 6.45) is 3.53. The summed E-state index contributed by atoms with van der Waals surface area (Å²) in [5.74, 6) is 0.743.